The van der Waals surface area contributed by atoms with Crippen molar-refractivity contribution >= 4 is 28.5 Å². The number of halogens is 2. The normalized spacial score (nSPS) is 19.0. The van der Waals surface area contributed by atoms with Gasteiger partial charge in [-0.05, 0) is 43.2 Å². The highest BCUT2D eigenvalue weighted by atomic mass is 19.1. The highest BCUT2D eigenvalue weighted by molar-refractivity contribution is 5.92. The van der Waals surface area contributed by atoms with Gasteiger partial charge in [-0.3, -0.25) is 4.79 Å². The smallest absolute Gasteiger partial charge is 0.223 e. The van der Waals surface area contributed by atoms with Crippen LogP contribution in [-0.2, 0) is 9.53 Å². The molecule has 3 heterocycles. The van der Waals surface area contributed by atoms with Gasteiger partial charge in [-0.1, -0.05) is 6.58 Å². The molecule has 0 radical (unpaired) electrons. The van der Waals surface area contributed by atoms with Crippen LogP contribution >= 0.6 is 0 Å². The van der Waals surface area contributed by atoms with E-state index in [4.69, 9.17) is 19.2 Å². The fourth-order valence-electron chi connectivity index (χ4n) is 4.73. The second-order valence-corrected chi connectivity index (χ2v) is 9.84. The number of hydrogen-bond acceptors (Lipinski definition) is 9. The van der Waals surface area contributed by atoms with Crippen LogP contribution in [0.1, 0.15) is 25.7 Å². The van der Waals surface area contributed by atoms with E-state index in [0.717, 1.165) is 25.3 Å². The van der Waals surface area contributed by atoms with Crippen molar-refractivity contribution < 1.29 is 27.8 Å². The van der Waals surface area contributed by atoms with Crippen molar-refractivity contribution in [2.75, 3.05) is 44.6 Å². The summed E-state index contributed by atoms with van der Waals surface area (Å²) in [7, 11) is 2.60. The minimum Gasteiger partial charge on any atom is -0.494 e. The van der Waals surface area contributed by atoms with Crippen LogP contribution in [0.3, 0.4) is 0 Å². The number of benzene rings is 1. The largest absolute Gasteiger partial charge is 0.494 e. The van der Waals surface area contributed by atoms with Gasteiger partial charge in [0.1, 0.15) is 5.52 Å². The maximum Gasteiger partial charge on any atom is 0.223 e. The molecule has 1 aliphatic carbocycles. The fourth-order valence-corrected chi connectivity index (χ4v) is 4.73. The summed E-state index contributed by atoms with van der Waals surface area (Å²) in [4.78, 5) is 25.8. The molecule has 9 nitrogen and oxygen atoms in total. The van der Waals surface area contributed by atoms with Crippen LogP contribution in [0.25, 0.3) is 22.2 Å². The minimum absolute atomic E-state index is 0.0231. The number of methoxy groups -OCH3 is 2. The van der Waals surface area contributed by atoms with Crippen LogP contribution in [0.15, 0.2) is 31.0 Å². The van der Waals surface area contributed by atoms with E-state index in [9.17, 15) is 4.79 Å². The topological polar surface area (TPSA) is 107 Å². The highest BCUT2D eigenvalue weighted by Gasteiger charge is 2.29. The van der Waals surface area contributed by atoms with Crippen molar-refractivity contribution in [1.82, 2.24) is 15.0 Å². The van der Waals surface area contributed by atoms with Crippen LogP contribution in [0.5, 0.6) is 11.5 Å². The second-order valence-electron chi connectivity index (χ2n) is 9.84. The third kappa shape index (κ3) is 5.78. The van der Waals surface area contributed by atoms with E-state index in [1.165, 1.54) is 26.4 Å². The third-order valence-corrected chi connectivity index (χ3v) is 7.16. The highest BCUT2D eigenvalue weighted by Crippen LogP contribution is 2.39. The average Bonchev–Trinajstić information content (AvgIpc) is 3.78. The van der Waals surface area contributed by atoms with E-state index in [0.29, 0.717) is 54.8 Å². The predicted octanol–water partition coefficient (Wildman–Crippen LogP) is 4.77. The Hall–Kier alpha value is -3.86. The number of fused-ring (bicyclic) bond motifs is 1. The molecule has 0 amide bonds. The number of rotatable bonds is 11. The molecule has 1 saturated heterocycles. The zero-order chi connectivity index (χ0) is 27.5. The fraction of sp³-hybridized carbons (Fsp3) is 0.429. The van der Waals surface area contributed by atoms with Crippen molar-refractivity contribution in [2.45, 2.75) is 31.7 Å². The van der Waals surface area contributed by atoms with E-state index in [1.54, 1.807) is 6.20 Å². The number of anilines is 2. The lowest BCUT2D eigenvalue weighted by Crippen LogP contribution is -2.40. The zero-order valence-electron chi connectivity index (χ0n) is 21.9. The van der Waals surface area contributed by atoms with Crippen molar-refractivity contribution in [3.05, 3.63) is 42.6 Å². The average molecular weight is 540 g/mol. The standard InChI is InChI=1S/C28H31F2N5O4/c1-4-18(36)9-16-7-8-39-14-20(16)34-28-32-13-17-10-19(33-27(26(17)35-28)31-12-15-5-6-15)23-24(29)21(37-2)11-22(38-3)25(23)30/h4,10-11,13,15-16,20H,1,5-9,12,14H2,2-3H3,(H,31,33)(H,32,34,35)/t16-,20-/m1/s1. The quantitative estimate of drug-likeness (QED) is 0.333. The van der Waals surface area contributed by atoms with Crippen molar-refractivity contribution in [3.8, 4) is 22.8 Å². The first-order valence-corrected chi connectivity index (χ1v) is 12.9. The first kappa shape index (κ1) is 26.7. The van der Waals surface area contributed by atoms with E-state index < -0.39 is 11.6 Å². The number of nitrogens with one attached hydrogen (secondary N) is 2. The molecule has 2 atom stereocenters. The Morgan fingerprint density at radius 1 is 1.15 bits per heavy atom. The Labute approximate surface area is 225 Å². The SMILES string of the molecule is C=CC(=O)C[C@H]1CCOC[C@H]1Nc1ncc2cc(-c3c(F)c(OC)cc(OC)c3F)nc(NCC3CC3)c2n1. The van der Waals surface area contributed by atoms with Gasteiger partial charge in [-0.2, -0.15) is 0 Å². The summed E-state index contributed by atoms with van der Waals surface area (Å²) in [6.07, 6.45) is 6.22. The summed E-state index contributed by atoms with van der Waals surface area (Å²) in [5.74, 6) is -0.814. The summed E-state index contributed by atoms with van der Waals surface area (Å²) >= 11 is 0. The molecule has 2 aliphatic rings. The number of allylic oxidation sites excluding steroid dienone is 1. The Morgan fingerprint density at radius 2 is 1.90 bits per heavy atom. The Bertz CT molecular complexity index is 1370. The summed E-state index contributed by atoms with van der Waals surface area (Å²) in [5.41, 5.74) is 0.197. The molecule has 3 aromatic rings. The number of ether oxygens (including phenoxy) is 3. The molecule has 39 heavy (non-hydrogen) atoms. The minimum atomic E-state index is -0.882. The predicted molar refractivity (Wildman–Crippen MR) is 143 cm³/mol. The molecule has 2 N–H and O–H groups in total. The van der Waals surface area contributed by atoms with Crippen molar-refractivity contribution in [3.63, 3.8) is 0 Å². The van der Waals surface area contributed by atoms with E-state index in [-0.39, 0.29) is 40.5 Å². The number of ketones is 1. The third-order valence-electron chi connectivity index (χ3n) is 7.16. The van der Waals surface area contributed by atoms with Crippen LogP contribution in [0.2, 0.25) is 0 Å². The first-order chi connectivity index (χ1) is 18.9. The molecule has 0 bridgehead atoms. The van der Waals surface area contributed by atoms with Gasteiger partial charge >= 0.3 is 0 Å². The maximum absolute atomic E-state index is 15.3. The summed E-state index contributed by atoms with van der Waals surface area (Å²) in [6, 6.07) is 2.53. The van der Waals surface area contributed by atoms with Gasteiger partial charge < -0.3 is 24.8 Å². The lowest BCUT2D eigenvalue weighted by atomic mass is 9.90. The first-order valence-electron chi connectivity index (χ1n) is 12.9. The molecular formula is C28H31F2N5O4. The molecule has 1 saturated carbocycles. The van der Waals surface area contributed by atoms with E-state index >= 15 is 8.78 Å². The Balaban J connectivity index is 1.54. The van der Waals surface area contributed by atoms with Gasteiger partial charge in [0.2, 0.25) is 5.95 Å². The number of carbonyl (C=O) groups excluding carboxylic acids is 1. The molecule has 206 valence electrons. The van der Waals surface area contributed by atoms with Gasteiger partial charge in [0.25, 0.3) is 0 Å². The van der Waals surface area contributed by atoms with Gasteiger partial charge in [0.15, 0.2) is 34.7 Å². The Kier molecular flexibility index (Phi) is 7.87. The molecule has 2 aromatic heterocycles. The van der Waals surface area contributed by atoms with Gasteiger partial charge in [-0.15, -0.1) is 0 Å². The lowest BCUT2D eigenvalue weighted by Gasteiger charge is -2.31. The molecule has 5 rings (SSSR count). The summed E-state index contributed by atoms with van der Waals surface area (Å²) < 4.78 is 46.5. The second kappa shape index (κ2) is 11.5. The molecule has 0 spiro atoms. The number of nitrogens with zero attached hydrogens (tertiary/aromatic N) is 3. The number of hydrogen-bond donors (Lipinski definition) is 2. The zero-order valence-corrected chi connectivity index (χ0v) is 21.9. The molecule has 2 fully saturated rings. The number of pyridine rings is 1. The van der Waals surface area contributed by atoms with E-state index in [2.05, 4.69) is 27.2 Å². The van der Waals surface area contributed by atoms with Crippen molar-refractivity contribution in [1.29, 1.82) is 0 Å². The van der Waals surface area contributed by atoms with Crippen LogP contribution in [0.4, 0.5) is 20.5 Å². The van der Waals surface area contributed by atoms with Crippen LogP contribution < -0.4 is 20.1 Å². The molecular weight excluding hydrogens is 508 g/mol. The van der Waals surface area contributed by atoms with Crippen LogP contribution in [-0.4, -0.2) is 60.8 Å². The summed E-state index contributed by atoms with van der Waals surface area (Å²) in [5, 5.41) is 7.17. The molecule has 11 heteroatoms. The van der Waals surface area contributed by atoms with E-state index in [1.807, 2.05) is 0 Å². The molecule has 1 aliphatic heterocycles. The Morgan fingerprint density at radius 3 is 2.56 bits per heavy atom. The maximum atomic E-state index is 15.3. The van der Waals surface area contributed by atoms with Gasteiger partial charge in [-0.25, -0.2) is 23.7 Å². The van der Waals surface area contributed by atoms with Crippen molar-refractivity contribution in [2.24, 2.45) is 11.8 Å². The number of carbonyl (C=O) groups is 1. The van der Waals surface area contributed by atoms with Gasteiger partial charge in [0, 0.05) is 37.2 Å². The lowest BCUT2D eigenvalue weighted by molar-refractivity contribution is -0.116. The number of aromatic nitrogens is 3. The van der Waals surface area contributed by atoms with Crippen LogP contribution in [0, 0.1) is 23.5 Å². The monoisotopic (exact) mass is 539 g/mol. The van der Waals surface area contributed by atoms with Gasteiger partial charge in [0.05, 0.1) is 38.1 Å². The summed E-state index contributed by atoms with van der Waals surface area (Å²) in [6.45, 7) is 5.22. The molecule has 1 aromatic carbocycles. The molecule has 0 unspecified atom stereocenters.